The highest BCUT2D eigenvalue weighted by Gasteiger charge is 2.16. The zero-order valence-corrected chi connectivity index (χ0v) is 12.4. The molecule has 0 aliphatic carbocycles. The average molecular weight is 270 g/mol. The minimum atomic E-state index is -0.0207. The highest BCUT2D eigenvalue weighted by molar-refractivity contribution is 5.76. The largest absolute Gasteiger partial charge is 0.504 e. The topological polar surface area (TPSA) is 40.5 Å². The molecule has 2 N–H and O–H groups in total. The van der Waals surface area contributed by atoms with Gasteiger partial charge in [0.2, 0.25) is 0 Å². The van der Waals surface area contributed by atoms with E-state index in [-0.39, 0.29) is 11.5 Å². The molecular weight excluding hydrogens is 248 g/mol. The minimum absolute atomic E-state index is 0.0132. The molecule has 0 aromatic heterocycles. The predicted molar refractivity (Wildman–Crippen MR) is 83.3 cm³/mol. The quantitative estimate of drug-likeness (QED) is 0.806. The Balaban J connectivity index is 2.66. The molecule has 2 aromatic carbocycles. The van der Waals surface area contributed by atoms with Crippen LogP contribution < -0.4 is 0 Å². The van der Waals surface area contributed by atoms with Crippen LogP contribution in [0.25, 0.3) is 11.1 Å². The normalized spacial score (nSPS) is 10.8. The summed E-state index contributed by atoms with van der Waals surface area (Å²) in [6.45, 7) is 6.20. The van der Waals surface area contributed by atoms with Crippen molar-refractivity contribution in [2.24, 2.45) is 0 Å². The molecule has 0 unspecified atom stereocenters. The molecule has 20 heavy (non-hydrogen) atoms. The van der Waals surface area contributed by atoms with Gasteiger partial charge in [0.05, 0.1) is 0 Å². The Morgan fingerprint density at radius 2 is 1.50 bits per heavy atom. The van der Waals surface area contributed by atoms with Crippen LogP contribution in [0.15, 0.2) is 30.3 Å². The van der Waals surface area contributed by atoms with E-state index in [1.54, 1.807) is 6.07 Å². The van der Waals surface area contributed by atoms with Gasteiger partial charge in [0.25, 0.3) is 0 Å². The first kappa shape index (κ1) is 14.4. The number of rotatable bonds is 4. The molecule has 2 nitrogen and oxygen atoms in total. The minimum Gasteiger partial charge on any atom is -0.504 e. The second-order valence-corrected chi connectivity index (χ2v) is 5.01. The smallest absolute Gasteiger partial charge is 0.161 e. The zero-order chi connectivity index (χ0) is 14.7. The summed E-state index contributed by atoms with van der Waals surface area (Å²) in [6, 6.07) is 10.1. The molecule has 2 aromatic rings. The van der Waals surface area contributed by atoms with Crippen LogP contribution in [0.4, 0.5) is 0 Å². The molecule has 0 heterocycles. The van der Waals surface area contributed by atoms with Crippen molar-refractivity contribution in [2.45, 2.75) is 40.0 Å². The lowest BCUT2D eigenvalue weighted by Gasteiger charge is -2.16. The Morgan fingerprint density at radius 1 is 0.850 bits per heavy atom. The van der Waals surface area contributed by atoms with Crippen molar-refractivity contribution in [1.29, 1.82) is 0 Å². The number of aromatic hydroxyl groups is 2. The van der Waals surface area contributed by atoms with Gasteiger partial charge in [-0.15, -0.1) is 0 Å². The van der Waals surface area contributed by atoms with Gasteiger partial charge in [-0.1, -0.05) is 45.0 Å². The molecule has 0 spiro atoms. The molecule has 0 fully saturated rings. The molecule has 0 aliphatic heterocycles. The highest BCUT2D eigenvalue weighted by Crippen LogP contribution is 2.40. The van der Waals surface area contributed by atoms with Crippen LogP contribution in [0.5, 0.6) is 11.5 Å². The monoisotopic (exact) mass is 270 g/mol. The molecule has 106 valence electrons. The second-order valence-electron chi connectivity index (χ2n) is 5.01. The maximum Gasteiger partial charge on any atom is 0.161 e. The van der Waals surface area contributed by atoms with Crippen molar-refractivity contribution >= 4 is 0 Å². The summed E-state index contributed by atoms with van der Waals surface area (Å²) in [5.41, 5.74) is 5.36. The molecule has 0 atom stereocenters. The van der Waals surface area contributed by atoms with Crippen LogP contribution in [-0.2, 0) is 19.3 Å². The van der Waals surface area contributed by atoms with Crippen LogP contribution in [0.2, 0.25) is 0 Å². The van der Waals surface area contributed by atoms with Gasteiger partial charge in [-0.3, -0.25) is 0 Å². The van der Waals surface area contributed by atoms with E-state index in [1.165, 1.54) is 5.56 Å². The second kappa shape index (κ2) is 6.00. The maximum atomic E-state index is 10.1. The lowest BCUT2D eigenvalue weighted by atomic mass is 9.90. The van der Waals surface area contributed by atoms with Gasteiger partial charge >= 0.3 is 0 Å². The molecule has 0 saturated carbocycles. The highest BCUT2D eigenvalue weighted by atomic mass is 16.3. The van der Waals surface area contributed by atoms with E-state index < -0.39 is 0 Å². The third-order valence-electron chi connectivity index (χ3n) is 3.85. The molecule has 0 radical (unpaired) electrons. The Hall–Kier alpha value is -1.96. The van der Waals surface area contributed by atoms with Gasteiger partial charge in [0.1, 0.15) is 0 Å². The van der Waals surface area contributed by atoms with Gasteiger partial charge < -0.3 is 10.2 Å². The maximum absolute atomic E-state index is 10.1. The van der Waals surface area contributed by atoms with Crippen molar-refractivity contribution in [3.63, 3.8) is 0 Å². The van der Waals surface area contributed by atoms with Crippen LogP contribution in [-0.4, -0.2) is 10.2 Å². The standard InChI is InChI=1S/C18H22O2/c1-4-12-7-9-14(10-8-12)17-13(5-2)11-16(19)18(20)15(17)6-3/h7-11,19-20H,4-6H2,1-3H3. The number of hydrogen-bond acceptors (Lipinski definition) is 2. The summed E-state index contributed by atoms with van der Waals surface area (Å²) in [4.78, 5) is 0. The first-order chi connectivity index (χ1) is 9.62. The van der Waals surface area contributed by atoms with Crippen molar-refractivity contribution in [1.82, 2.24) is 0 Å². The van der Waals surface area contributed by atoms with Crippen LogP contribution in [0, 0.1) is 0 Å². The summed E-state index contributed by atoms with van der Waals surface area (Å²) in [6.07, 6.45) is 2.53. The van der Waals surface area contributed by atoms with Crippen LogP contribution >= 0.6 is 0 Å². The number of aryl methyl sites for hydroxylation is 2. The Bertz CT molecular complexity index is 598. The fraction of sp³-hybridized carbons (Fsp3) is 0.333. The zero-order valence-electron chi connectivity index (χ0n) is 12.4. The van der Waals surface area contributed by atoms with E-state index in [1.807, 2.05) is 6.92 Å². The molecule has 0 amide bonds. The predicted octanol–water partition coefficient (Wildman–Crippen LogP) is 4.45. The number of hydrogen-bond donors (Lipinski definition) is 2. The van der Waals surface area contributed by atoms with E-state index in [2.05, 4.69) is 38.1 Å². The summed E-state index contributed by atoms with van der Waals surface area (Å²) in [7, 11) is 0. The van der Waals surface area contributed by atoms with Crippen molar-refractivity contribution in [3.05, 3.63) is 47.0 Å². The number of phenolic OH excluding ortho intramolecular Hbond substituents is 2. The van der Waals surface area contributed by atoms with Crippen LogP contribution in [0.3, 0.4) is 0 Å². The summed E-state index contributed by atoms with van der Waals surface area (Å²) < 4.78 is 0. The lowest BCUT2D eigenvalue weighted by molar-refractivity contribution is 0.399. The van der Waals surface area contributed by atoms with E-state index in [9.17, 15) is 10.2 Å². The van der Waals surface area contributed by atoms with E-state index in [0.29, 0.717) is 6.42 Å². The van der Waals surface area contributed by atoms with Gasteiger partial charge in [0.15, 0.2) is 11.5 Å². The van der Waals surface area contributed by atoms with Crippen LogP contribution in [0.1, 0.15) is 37.5 Å². The van der Waals surface area contributed by atoms with Crippen molar-refractivity contribution in [3.8, 4) is 22.6 Å². The Morgan fingerprint density at radius 3 is 2.00 bits per heavy atom. The number of phenols is 2. The van der Waals surface area contributed by atoms with E-state index in [4.69, 9.17) is 0 Å². The molecule has 0 saturated heterocycles. The molecule has 0 aliphatic rings. The van der Waals surface area contributed by atoms with Gasteiger partial charge in [0, 0.05) is 5.56 Å². The van der Waals surface area contributed by atoms with Crippen molar-refractivity contribution < 1.29 is 10.2 Å². The molecule has 2 rings (SSSR count). The fourth-order valence-corrected chi connectivity index (χ4v) is 2.66. The Labute approximate surface area is 120 Å². The summed E-state index contributed by atoms with van der Waals surface area (Å²) in [5.74, 6) is -0.00750. The van der Waals surface area contributed by atoms with E-state index in [0.717, 1.165) is 35.1 Å². The SMILES string of the molecule is CCc1ccc(-c2c(CC)cc(O)c(O)c2CC)cc1. The summed E-state index contributed by atoms with van der Waals surface area (Å²) in [5, 5.41) is 20.0. The fourth-order valence-electron chi connectivity index (χ4n) is 2.66. The van der Waals surface area contributed by atoms with Gasteiger partial charge in [-0.05, 0) is 47.6 Å². The van der Waals surface area contributed by atoms with E-state index >= 15 is 0 Å². The lowest BCUT2D eigenvalue weighted by Crippen LogP contribution is -1.96. The van der Waals surface area contributed by atoms with Gasteiger partial charge in [-0.25, -0.2) is 0 Å². The van der Waals surface area contributed by atoms with Gasteiger partial charge in [-0.2, -0.15) is 0 Å². The first-order valence-corrected chi connectivity index (χ1v) is 7.28. The van der Waals surface area contributed by atoms with Crippen molar-refractivity contribution in [2.75, 3.05) is 0 Å². The average Bonchev–Trinajstić information content (AvgIpc) is 2.49. The third kappa shape index (κ3) is 2.51. The molecule has 2 heteroatoms. The molecular formula is C18H22O2. The first-order valence-electron chi connectivity index (χ1n) is 7.28. The third-order valence-corrected chi connectivity index (χ3v) is 3.85. The molecule has 0 bridgehead atoms. The Kier molecular flexibility index (Phi) is 4.33. The summed E-state index contributed by atoms with van der Waals surface area (Å²) >= 11 is 0. The number of benzene rings is 2.